The van der Waals surface area contributed by atoms with Crippen molar-refractivity contribution in [3.8, 4) is 11.5 Å². The van der Waals surface area contributed by atoms with Gasteiger partial charge in [0.05, 0.1) is 19.2 Å². The van der Waals surface area contributed by atoms with Crippen molar-refractivity contribution in [3.05, 3.63) is 47.4 Å². The van der Waals surface area contributed by atoms with Crippen molar-refractivity contribution < 1.29 is 18.7 Å². The molecule has 0 unspecified atom stereocenters. The van der Waals surface area contributed by atoms with E-state index in [0.717, 1.165) is 17.3 Å². The third-order valence-corrected chi connectivity index (χ3v) is 3.37. The Labute approximate surface area is 130 Å². The first-order valence-electron chi connectivity index (χ1n) is 7.10. The van der Waals surface area contributed by atoms with Crippen LogP contribution in [0.2, 0.25) is 0 Å². The summed E-state index contributed by atoms with van der Waals surface area (Å²) < 4.78 is 16.1. The summed E-state index contributed by atoms with van der Waals surface area (Å²) in [5.41, 5.74) is 0.601. The van der Waals surface area contributed by atoms with Crippen LogP contribution in [0.3, 0.4) is 0 Å². The number of methoxy groups -OCH3 is 1. The maximum absolute atomic E-state index is 12.3. The number of ether oxygens (including phenoxy) is 2. The van der Waals surface area contributed by atoms with Crippen molar-refractivity contribution in [3.63, 3.8) is 0 Å². The normalized spacial score (nSPS) is 10.4. The van der Waals surface area contributed by atoms with Gasteiger partial charge >= 0.3 is 0 Å². The van der Waals surface area contributed by atoms with Gasteiger partial charge in [0.2, 0.25) is 0 Å². The topological polar surface area (TPSA) is 51.9 Å². The molecule has 0 spiro atoms. The first-order valence-corrected chi connectivity index (χ1v) is 7.10. The maximum Gasteiger partial charge on any atom is 0.257 e. The number of amides is 1. The monoisotopic (exact) mass is 303 g/mol. The van der Waals surface area contributed by atoms with E-state index < -0.39 is 0 Å². The largest absolute Gasteiger partial charge is 0.497 e. The summed E-state index contributed by atoms with van der Waals surface area (Å²) in [6.07, 6.45) is 0. The minimum absolute atomic E-state index is 0.0623. The van der Waals surface area contributed by atoms with Gasteiger partial charge in [0.1, 0.15) is 29.6 Å². The fourth-order valence-electron chi connectivity index (χ4n) is 2.12. The Bertz CT molecular complexity index is 631. The Morgan fingerprint density at radius 2 is 1.82 bits per heavy atom. The average Bonchev–Trinajstić information content (AvgIpc) is 2.85. The van der Waals surface area contributed by atoms with E-state index in [1.165, 1.54) is 0 Å². The van der Waals surface area contributed by atoms with Crippen LogP contribution in [-0.2, 0) is 0 Å². The highest BCUT2D eigenvalue weighted by Crippen LogP contribution is 2.17. The van der Waals surface area contributed by atoms with Crippen LogP contribution in [0, 0.1) is 13.8 Å². The first-order chi connectivity index (χ1) is 10.5. The summed E-state index contributed by atoms with van der Waals surface area (Å²) in [7, 11) is 3.37. The fraction of sp³-hybridized carbons (Fsp3) is 0.353. The second-order valence-electron chi connectivity index (χ2n) is 5.08. The van der Waals surface area contributed by atoms with E-state index in [2.05, 4.69) is 0 Å². The zero-order chi connectivity index (χ0) is 16.1. The number of hydrogen-bond acceptors (Lipinski definition) is 4. The van der Waals surface area contributed by atoms with E-state index in [0.29, 0.717) is 24.5 Å². The van der Waals surface area contributed by atoms with Crippen LogP contribution in [0.15, 0.2) is 34.7 Å². The van der Waals surface area contributed by atoms with E-state index in [-0.39, 0.29) is 5.91 Å². The molecule has 0 fully saturated rings. The molecule has 0 atom stereocenters. The molecule has 5 heteroatoms. The summed E-state index contributed by atoms with van der Waals surface area (Å²) in [5.74, 6) is 2.85. The molecule has 1 heterocycles. The van der Waals surface area contributed by atoms with Crippen LogP contribution >= 0.6 is 0 Å². The van der Waals surface area contributed by atoms with Gasteiger partial charge in [-0.15, -0.1) is 0 Å². The van der Waals surface area contributed by atoms with Crippen molar-refractivity contribution in [2.45, 2.75) is 13.8 Å². The number of nitrogens with zero attached hydrogens (tertiary/aromatic N) is 1. The van der Waals surface area contributed by atoms with Crippen LogP contribution in [0.4, 0.5) is 0 Å². The van der Waals surface area contributed by atoms with Crippen molar-refractivity contribution in [2.24, 2.45) is 0 Å². The molecule has 1 amide bonds. The summed E-state index contributed by atoms with van der Waals surface area (Å²) >= 11 is 0. The summed E-state index contributed by atoms with van der Waals surface area (Å²) in [5, 5.41) is 0. The Morgan fingerprint density at radius 1 is 1.18 bits per heavy atom. The predicted octanol–water partition coefficient (Wildman–Crippen LogP) is 3.06. The van der Waals surface area contributed by atoms with E-state index >= 15 is 0 Å². The number of furan rings is 1. The predicted molar refractivity (Wildman–Crippen MR) is 83.6 cm³/mol. The lowest BCUT2D eigenvalue weighted by Crippen LogP contribution is -2.31. The Balaban J connectivity index is 1.85. The highest BCUT2D eigenvalue weighted by molar-refractivity contribution is 5.95. The molecule has 22 heavy (non-hydrogen) atoms. The molecule has 0 aliphatic carbocycles. The number of benzene rings is 1. The minimum atomic E-state index is -0.0623. The van der Waals surface area contributed by atoms with Gasteiger partial charge in [-0.25, -0.2) is 0 Å². The fourth-order valence-corrected chi connectivity index (χ4v) is 2.12. The molecule has 0 N–H and O–H groups in total. The molecule has 118 valence electrons. The summed E-state index contributed by atoms with van der Waals surface area (Å²) in [4.78, 5) is 13.9. The van der Waals surface area contributed by atoms with E-state index in [1.54, 1.807) is 32.0 Å². The number of rotatable bonds is 6. The molecule has 0 radical (unpaired) electrons. The van der Waals surface area contributed by atoms with Crippen molar-refractivity contribution in [2.75, 3.05) is 27.3 Å². The van der Waals surface area contributed by atoms with Crippen LogP contribution in [0.5, 0.6) is 11.5 Å². The van der Waals surface area contributed by atoms with E-state index in [4.69, 9.17) is 13.9 Å². The van der Waals surface area contributed by atoms with Crippen LogP contribution in [-0.4, -0.2) is 38.1 Å². The zero-order valence-corrected chi connectivity index (χ0v) is 13.4. The number of carbonyl (C=O) groups is 1. The first kappa shape index (κ1) is 15.9. The third kappa shape index (κ3) is 3.81. The smallest absolute Gasteiger partial charge is 0.257 e. The average molecular weight is 303 g/mol. The molecular weight excluding hydrogens is 282 g/mol. The number of hydrogen-bond donors (Lipinski definition) is 0. The third-order valence-electron chi connectivity index (χ3n) is 3.37. The number of likely N-dealkylation sites (N-methyl/N-ethyl adjacent to an activating group) is 1. The van der Waals surface area contributed by atoms with E-state index in [9.17, 15) is 4.79 Å². The molecular formula is C17H21NO4. The maximum atomic E-state index is 12.3. The van der Waals surface area contributed by atoms with Gasteiger partial charge in [0, 0.05) is 7.05 Å². The SMILES string of the molecule is COc1ccc(OCCN(C)C(=O)c2cc(C)oc2C)cc1. The Morgan fingerprint density at radius 3 is 2.36 bits per heavy atom. The zero-order valence-electron chi connectivity index (χ0n) is 13.4. The summed E-state index contributed by atoms with van der Waals surface area (Å²) in [6.45, 7) is 4.54. The molecule has 0 saturated heterocycles. The highest BCUT2D eigenvalue weighted by Gasteiger charge is 2.17. The highest BCUT2D eigenvalue weighted by atomic mass is 16.5. The molecule has 2 rings (SSSR count). The Hall–Kier alpha value is -2.43. The quantitative estimate of drug-likeness (QED) is 0.823. The van der Waals surface area contributed by atoms with Crippen molar-refractivity contribution in [1.29, 1.82) is 0 Å². The van der Waals surface area contributed by atoms with Gasteiger partial charge in [0.25, 0.3) is 5.91 Å². The van der Waals surface area contributed by atoms with Crippen LogP contribution < -0.4 is 9.47 Å². The standard InChI is InChI=1S/C17H21NO4/c1-12-11-16(13(2)22-12)17(19)18(3)9-10-21-15-7-5-14(20-4)6-8-15/h5-8,11H,9-10H2,1-4H3. The molecule has 5 nitrogen and oxygen atoms in total. The van der Waals surface area contributed by atoms with Crippen molar-refractivity contribution in [1.82, 2.24) is 4.90 Å². The van der Waals surface area contributed by atoms with E-state index in [1.807, 2.05) is 31.2 Å². The molecule has 0 aliphatic heterocycles. The van der Waals surface area contributed by atoms with Gasteiger partial charge in [-0.3, -0.25) is 4.79 Å². The molecule has 1 aromatic carbocycles. The lowest BCUT2D eigenvalue weighted by molar-refractivity contribution is 0.0772. The summed E-state index contributed by atoms with van der Waals surface area (Å²) in [6, 6.07) is 9.11. The van der Waals surface area contributed by atoms with Gasteiger partial charge < -0.3 is 18.8 Å². The minimum Gasteiger partial charge on any atom is -0.497 e. The van der Waals surface area contributed by atoms with Crippen LogP contribution in [0.25, 0.3) is 0 Å². The van der Waals surface area contributed by atoms with Crippen molar-refractivity contribution >= 4 is 5.91 Å². The molecule has 0 bridgehead atoms. The number of aryl methyl sites for hydroxylation is 2. The molecule has 0 aliphatic rings. The van der Waals surface area contributed by atoms with Gasteiger partial charge in [-0.2, -0.15) is 0 Å². The lowest BCUT2D eigenvalue weighted by Gasteiger charge is -2.17. The van der Waals surface area contributed by atoms with Gasteiger partial charge in [-0.05, 0) is 44.2 Å². The van der Waals surface area contributed by atoms with Crippen LogP contribution in [0.1, 0.15) is 21.9 Å². The molecule has 2 aromatic rings. The molecule has 1 aromatic heterocycles. The molecule has 0 saturated carbocycles. The number of carbonyl (C=O) groups excluding carboxylic acids is 1. The van der Waals surface area contributed by atoms with Gasteiger partial charge in [0.15, 0.2) is 0 Å². The second-order valence-corrected chi connectivity index (χ2v) is 5.08. The second kappa shape index (κ2) is 7.02. The lowest BCUT2D eigenvalue weighted by atomic mass is 10.2. The Kier molecular flexibility index (Phi) is 5.09. The van der Waals surface area contributed by atoms with Gasteiger partial charge in [-0.1, -0.05) is 0 Å².